The van der Waals surface area contributed by atoms with E-state index in [-0.39, 0.29) is 0 Å². The molecule has 1 aliphatic rings. The van der Waals surface area contributed by atoms with Crippen molar-refractivity contribution in [3.63, 3.8) is 0 Å². The summed E-state index contributed by atoms with van der Waals surface area (Å²) in [5.74, 6) is 0. The van der Waals surface area contributed by atoms with Gasteiger partial charge in [-0.05, 0) is 44.7 Å². The van der Waals surface area contributed by atoms with Gasteiger partial charge in [-0.2, -0.15) is 0 Å². The topological polar surface area (TPSA) is 18.5 Å². The third kappa shape index (κ3) is 3.71. The number of anilines is 1. The molecule has 1 fully saturated rings. The number of rotatable bonds is 4. The number of nitrogens with zero attached hydrogens (tertiary/aromatic N) is 2. The van der Waals surface area contributed by atoms with E-state index in [1.807, 2.05) is 7.05 Å². The van der Waals surface area contributed by atoms with Crippen LogP contribution in [0.25, 0.3) is 0 Å². The number of hydrogen-bond acceptors (Lipinski definition) is 3. The van der Waals surface area contributed by atoms with Crippen molar-refractivity contribution in [1.82, 2.24) is 10.2 Å². The van der Waals surface area contributed by atoms with Crippen LogP contribution in [0.15, 0.2) is 22.7 Å². The van der Waals surface area contributed by atoms with Crippen LogP contribution in [0.1, 0.15) is 12.5 Å². The summed E-state index contributed by atoms with van der Waals surface area (Å²) in [6.45, 7) is 10.1. The Morgan fingerprint density at radius 3 is 2.53 bits per heavy atom. The summed E-state index contributed by atoms with van der Waals surface area (Å²) >= 11 is 3.53. The smallest absolute Gasteiger partial charge is 0.0397 e. The first-order valence-corrected chi connectivity index (χ1v) is 7.81. The predicted octanol–water partition coefficient (Wildman–Crippen LogP) is 2.49. The zero-order chi connectivity index (χ0) is 13.8. The molecule has 1 saturated heterocycles. The number of hydrogen-bond donors (Lipinski definition) is 1. The first-order chi connectivity index (χ1) is 9.11. The molecule has 2 rings (SSSR count). The number of likely N-dealkylation sites (N-methyl/N-ethyl adjacent to an activating group) is 1. The lowest BCUT2D eigenvalue weighted by molar-refractivity contribution is 0.195. The summed E-state index contributed by atoms with van der Waals surface area (Å²) < 4.78 is 1.16. The van der Waals surface area contributed by atoms with Crippen molar-refractivity contribution in [2.45, 2.75) is 19.9 Å². The van der Waals surface area contributed by atoms with Gasteiger partial charge in [0.15, 0.2) is 0 Å². The van der Waals surface area contributed by atoms with Crippen LogP contribution < -0.4 is 10.2 Å². The van der Waals surface area contributed by atoms with E-state index in [0.29, 0.717) is 6.04 Å². The quantitative estimate of drug-likeness (QED) is 0.917. The van der Waals surface area contributed by atoms with E-state index in [1.54, 1.807) is 0 Å². The van der Waals surface area contributed by atoms with Gasteiger partial charge in [0.1, 0.15) is 0 Å². The first kappa shape index (κ1) is 14.8. The van der Waals surface area contributed by atoms with Crippen molar-refractivity contribution in [2.24, 2.45) is 0 Å². The zero-order valence-electron chi connectivity index (χ0n) is 12.1. The molecule has 1 N–H and O–H groups in total. The van der Waals surface area contributed by atoms with Crippen LogP contribution in [-0.2, 0) is 0 Å². The molecule has 0 radical (unpaired) electrons. The van der Waals surface area contributed by atoms with Gasteiger partial charge in [-0.3, -0.25) is 4.90 Å². The van der Waals surface area contributed by atoms with Crippen LogP contribution >= 0.6 is 15.9 Å². The molecule has 0 amide bonds. The standard InChI is InChI=1S/C15H24BrN3/c1-12-10-14(16)4-5-15(12)19-8-6-18(7-9-19)13(2)11-17-3/h4-5,10,13,17H,6-9,11H2,1-3H3. The molecule has 19 heavy (non-hydrogen) atoms. The minimum absolute atomic E-state index is 0.623. The minimum atomic E-state index is 0.623. The largest absolute Gasteiger partial charge is 0.369 e. The van der Waals surface area contributed by atoms with E-state index in [4.69, 9.17) is 0 Å². The Morgan fingerprint density at radius 1 is 1.26 bits per heavy atom. The molecule has 1 unspecified atom stereocenters. The van der Waals surface area contributed by atoms with Crippen molar-refractivity contribution in [3.05, 3.63) is 28.2 Å². The highest BCUT2D eigenvalue weighted by molar-refractivity contribution is 9.10. The van der Waals surface area contributed by atoms with Gasteiger partial charge in [-0.25, -0.2) is 0 Å². The van der Waals surface area contributed by atoms with Crippen LogP contribution in [0.5, 0.6) is 0 Å². The average molecular weight is 326 g/mol. The van der Waals surface area contributed by atoms with Gasteiger partial charge in [-0.15, -0.1) is 0 Å². The molecule has 3 nitrogen and oxygen atoms in total. The summed E-state index contributed by atoms with van der Waals surface area (Å²) in [4.78, 5) is 5.07. The Labute approximate surface area is 125 Å². The van der Waals surface area contributed by atoms with Gasteiger partial charge in [-0.1, -0.05) is 15.9 Å². The zero-order valence-corrected chi connectivity index (χ0v) is 13.7. The lowest BCUT2D eigenvalue weighted by atomic mass is 10.1. The Morgan fingerprint density at radius 2 is 1.95 bits per heavy atom. The van der Waals surface area contributed by atoms with Crippen LogP contribution in [0.2, 0.25) is 0 Å². The minimum Gasteiger partial charge on any atom is -0.369 e. The molecule has 1 aromatic carbocycles. The third-order valence-electron chi connectivity index (χ3n) is 3.94. The molecule has 0 saturated carbocycles. The Hall–Kier alpha value is -0.580. The fraction of sp³-hybridized carbons (Fsp3) is 0.600. The summed E-state index contributed by atoms with van der Waals surface area (Å²) in [7, 11) is 2.03. The highest BCUT2D eigenvalue weighted by atomic mass is 79.9. The molecule has 0 aliphatic carbocycles. The molecular weight excluding hydrogens is 302 g/mol. The van der Waals surface area contributed by atoms with Crippen molar-refractivity contribution in [2.75, 3.05) is 44.7 Å². The Bertz CT molecular complexity index is 414. The van der Waals surface area contributed by atoms with Crippen molar-refractivity contribution in [1.29, 1.82) is 0 Å². The molecule has 1 heterocycles. The van der Waals surface area contributed by atoms with Gasteiger partial charge in [0.05, 0.1) is 0 Å². The molecule has 106 valence electrons. The normalized spacial score (nSPS) is 18.6. The predicted molar refractivity (Wildman–Crippen MR) is 86.1 cm³/mol. The van der Waals surface area contributed by atoms with E-state index in [9.17, 15) is 0 Å². The summed E-state index contributed by atoms with van der Waals surface area (Å²) in [6.07, 6.45) is 0. The monoisotopic (exact) mass is 325 g/mol. The van der Waals surface area contributed by atoms with Gasteiger partial charge in [0.25, 0.3) is 0 Å². The third-order valence-corrected chi connectivity index (χ3v) is 4.43. The van der Waals surface area contributed by atoms with E-state index >= 15 is 0 Å². The molecule has 1 aliphatic heterocycles. The fourth-order valence-electron chi connectivity index (χ4n) is 2.80. The van der Waals surface area contributed by atoms with Gasteiger partial charge >= 0.3 is 0 Å². The lowest BCUT2D eigenvalue weighted by Gasteiger charge is -2.39. The fourth-order valence-corrected chi connectivity index (χ4v) is 3.28. The van der Waals surface area contributed by atoms with Gasteiger partial charge < -0.3 is 10.2 Å². The molecule has 0 aromatic heterocycles. The molecule has 1 atom stereocenters. The lowest BCUT2D eigenvalue weighted by Crippen LogP contribution is -2.51. The first-order valence-electron chi connectivity index (χ1n) is 7.01. The van der Waals surface area contributed by atoms with Crippen LogP contribution in [0.4, 0.5) is 5.69 Å². The number of piperazine rings is 1. The maximum absolute atomic E-state index is 3.53. The van der Waals surface area contributed by atoms with Crippen molar-refractivity contribution < 1.29 is 0 Å². The van der Waals surface area contributed by atoms with Crippen LogP contribution in [-0.4, -0.2) is 50.7 Å². The Kier molecular flexibility index (Phi) is 5.25. The SMILES string of the molecule is CNCC(C)N1CCN(c2ccc(Br)cc2C)CC1. The van der Waals surface area contributed by atoms with Gasteiger partial charge in [0.2, 0.25) is 0 Å². The van der Waals surface area contributed by atoms with Crippen molar-refractivity contribution in [3.8, 4) is 0 Å². The number of benzene rings is 1. The number of halogens is 1. The second-order valence-corrected chi connectivity index (χ2v) is 6.28. The van der Waals surface area contributed by atoms with E-state index < -0.39 is 0 Å². The Balaban J connectivity index is 1.96. The van der Waals surface area contributed by atoms with Crippen LogP contribution in [0.3, 0.4) is 0 Å². The molecule has 1 aromatic rings. The summed E-state index contributed by atoms with van der Waals surface area (Å²) in [5, 5.41) is 3.26. The highest BCUT2D eigenvalue weighted by Crippen LogP contribution is 2.25. The maximum atomic E-state index is 3.53. The van der Waals surface area contributed by atoms with E-state index in [1.165, 1.54) is 11.3 Å². The van der Waals surface area contributed by atoms with Crippen LogP contribution in [0, 0.1) is 6.92 Å². The number of nitrogens with one attached hydrogen (secondary N) is 1. The molecule has 0 bridgehead atoms. The van der Waals surface area contributed by atoms with E-state index in [0.717, 1.165) is 37.2 Å². The molecule has 4 heteroatoms. The van der Waals surface area contributed by atoms with Gasteiger partial charge in [0, 0.05) is 48.9 Å². The molecular formula is C15H24BrN3. The maximum Gasteiger partial charge on any atom is 0.0397 e. The second-order valence-electron chi connectivity index (χ2n) is 5.36. The second kappa shape index (κ2) is 6.73. The average Bonchev–Trinajstić information content (AvgIpc) is 2.39. The summed E-state index contributed by atoms with van der Waals surface area (Å²) in [6, 6.07) is 7.19. The molecule has 0 spiro atoms. The highest BCUT2D eigenvalue weighted by Gasteiger charge is 2.21. The number of aryl methyl sites for hydroxylation is 1. The van der Waals surface area contributed by atoms with E-state index in [2.05, 4.69) is 63.1 Å². The summed E-state index contributed by atoms with van der Waals surface area (Å²) in [5.41, 5.74) is 2.73. The van der Waals surface area contributed by atoms with Crippen molar-refractivity contribution >= 4 is 21.6 Å².